The van der Waals surface area contributed by atoms with Crippen LogP contribution in [0.2, 0.25) is 0 Å². The van der Waals surface area contributed by atoms with Crippen LogP contribution in [0, 0.1) is 0 Å². The molecule has 0 bridgehead atoms. The number of nitrogens with zero attached hydrogens (tertiary/aromatic N) is 3. The molecule has 0 saturated heterocycles. The number of carboxylic acids is 1. The van der Waals surface area contributed by atoms with Gasteiger partial charge in [0.1, 0.15) is 12.4 Å². The average Bonchev–Trinajstić information content (AvgIpc) is 2.71. The summed E-state index contributed by atoms with van der Waals surface area (Å²) in [6.07, 6.45) is 1.85. The molecule has 3 N–H and O–H groups in total. The van der Waals surface area contributed by atoms with Gasteiger partial charge < -0.3 is 20.3 Å². The average molecular weight is 255 g/mol. The highest BCUT2D eigenvalue weighted by molar-refractivity contribution is 5.82. The van der Waals surface area contributed by atoms with Crippen molar-refractivity contribution < 1.29 is 14.7 Å². The topological polar surface area (TPSA) is 109 Å². The first-order valence-corrected chi connectivity index (χ1v) is 5.59. The molecule has 2 atom stereocenters. The molecule has 0 aliphatic carbocycles. The number of aliphatic carboxylic acids is 1. The molecule has 1 heterocycles. The molecule has 18 heavy (non-hydrogen) atoms. The van der Waals surface area contributed by atoms with E-state index in [1.165, 1.54) is 6.33 Å². The van der Waals surface area contributed by atoms with Crippen LogP contribution in [0.4, 0.5) is 4.79 Å². The maximum absolute atomic E-state index is 11.6. The molecule has 0 aliphatic heterocycles. The smallest absolute Gasteiger partial charge is 0.326 e. The van der Waals surface area contributed by atoms with Crippen LogP contribution in [-0.4, -0.2) is 37.9 Å². The van der Waals surface area contributed by atoms with Gasteiger partial charge in [0, 0.05) is 7.05 Å². The lowest BCUT2D eigenvalue weighted by Crippen LogP contribution is -2.46. The number of aromatic nitrogens is 3. The van der Waals surface area contributed by atoms with Crippen molar-refractivity contribution in [2.45, 2.75) is 32.4 Å². The second kappa shape index (κ2) is 5.99. The molecular formula is C10H17N5O3. The first-order chi connectivity index (χ1) is 8.45. The third kappa shape index (κ3) is 3.44. The van der Waals surface area contributed by atoms with Crippen molar-refractivity contribution in [3.05, 3.63) is 12.2 Å². The Morgan fingerprint density at radius 2 is 2.17 bits per heavy atom. The Balaban J connectivity index is 2.55. The molecule has 0 saturated carbocycles. The van der Waals surface area contributed by atoms with Crippen molar-refractivity contribution in [2.75, 3.05) is 0 Å². The molecule has 2 amide bonds. The molecule has 0 aliphatic rings. The van der Waals surface area contributed by atoms with Gasteiger partial charge in [-0.2, -0.15) is 0 Å². The highest BCUT2D eigenvalue weighted by Crippen LogP contribution is 2.06. The zero-order valence-electron chi connectivity index (χ0n) is 10.5. The maximum atomic E-state index is 11.6. The highest BCUT2D eigenvalue weighted by atomic mass is 16.4. The van der Waals surface area contributed by atoms with Crippen molar-refractivity contribution >= 4 is 12.0 Å². The summed E-state index contributed by atoms with van der Waals surface area (Å²) in [6, 6.07) is -1.79. The van der Waals surface area contributed by atoms with Crippen molar-refractivity contribution in [2.24, 2.45) is 7.05 Å². The summed E-state index contributed by atoms with van der Waals surface area (Å²) < 4.78 is 1.68. The van der Waals surface area contributed by atoms with Gasteiger partial charge in [-0.15, -0.1) is 10.2 Å². The van der Waals surface area contributed by atoms with Crippen LogP contribution < -0.4 is 10.6 Å². The monoisotopic (exact) mass is 255 g/mol. The molecule has 1 rings (SSSR count). The fourth-order valence-electron chi connectivity index (χ4n) is 1.48. The molecule has 8 nitrogen and oxygen atoms in total. The van der Waals surface area contributed by atoms with Gasteiger partial charge in [0.15, 0.2) is 5.82 Å². The van der Waals surface area contributed by atoms with E-state index in [0.717, 1.165) is 0 Å². The minimum atomic E-state index is -1.06. The van der Waals surface area contributed by atoms with E-state index in [2.05, 4.69) is 20.8 Å². The predicted molar refractivity (Wildman–Crippen MR) is 62.8 cm³/mol. The van der Waals surface area contributed by atoms with E-state index < -0.39 is 18.0 Å². The minimum Gasteiger partial charge on any atom is -0.480 e. The van der Waals surface area contributed by atoms with Crippen LogP contribution >= 0.6 is 0 Å². The lowest BCUT2D eigenvalue weighted by atomic mass is 10.2. The molecule has 1 aromatic heterocycles. The molecule has 0 aromatic carbocycles. The SMILES string of the molecule is CC[C@@H](NC(=O)NC(C)c1nncn1C)C(=O)O. The number of aryl methyl sites for hydroxylation is 1. The Bertz CT molecular complexity index is 431. The van der Waals surface area contributed by atoms with Crippen molar-refractivity contribution in [1.82, 2.24) is 25.4 Å². The highest BCUT2D eigenvalue weighted by Gasteiger charge is 2.20. The second-order valence-corrected chi connectivity index (χ2v) is 3.94. The van der Waals surface area contributed by atoms with E-state index in [9.17, 15) is 9.59 Å². The number of hydrogen-bond acceptors (Lipinski definition) is 4. The number of hydrogen-bond donors (Lipinski definition) is 3. The number of rotatable bonds is 5. The zero-order valence-corrected chi connectivity index (χ0v) is 10.5. The quantitative estimate of drug-likeness (QED) is 0.688. The molecular weight excluding hydrogens is 238 g/mol. The van der Waals surface area contributed by atoms with Gasteiger partial charge >= 0.3 is 12.0 Å². The molecule has 8 heteroatoms. The van der Waals surface area contributed by atoms with Crippen LogP contribution in [0.5, 0.6) is 0 Å². The zero-order chi connectivity index (χ0) is 13.7. The Morgan fingerprint density at radius 1 is 1.50 bits per heavy atom. The summed E-state index contributed by atoms with van der Waals surface area (Å²) in [5.74, 6) is -0.465. The molecule has 0 radical (unpaired) electrons. The van der Waals surface area contributed by atoms with E-state index in [4.69, 9.17) is 5.11 Å². The summed E-state index contributed by atoms with van der Waals surface area (Å²) >= 11 is 0. The first kappa shape index (κ1) is 13.9. The van der Waals surface area contributed by atoms with Gasteiger partial charge in [0.05, 0.1) is 6.04 Å². The van der Waals surface area contributed by atoms with E-state index >= 15 is 0 Å². The number of urea groups is 1. The number of amides is 2. The third-order valence-electron chi connectivity index (χ3n) is 2.49. The Kier molecular flexibility index (Phi) is 4.64. The number of carboxylic acid groups (broad SMARTS) is 1. The van der Waals surface area contributed by atoms with E-state index in [-0.39, 0.29) is 6.04 Å². The molecule has 100 valence electrons. The fraction of sp³-hybridized carbons (Fsp3) is 0.600. The second-order valence-electron chi connectivity index (χ2n) is 3.94. The van der Waals surface area contributed by atoms with Crippen molar-refractivity contribution in [1.29, 1.82) is 0 Å². The summed E-state index contributed by atoms with van der Waals surface area (Å²) in [5.41, 5.74) is 0. The fourth-order valence-corrected chi connectivity index (χ4v) is 1.48. The molecule has 1 aromatic rings. The van der Waals surface area contributed by atoms with Crippen LogP contribution in [0.25, 0.3) is 0 Å². The van der Waals surface area contributed by atoms with Gasteiger partial charge in [-0.3, -0.25) is 0 Å². The van der Waals surface area contributed by atoms with Gasteiger partial charge in [0.2, 0.25) is 0 Å². The number of carbonyl (C=O) groups excluding carboxylic acids is 1. The normalized spacial score (nSPS) is 13.7. The minimum absolute atomic E-state index is 0.321. The van der Waals surface area contributed by atoms with Gasteiger partial charge in [0.25, 0.3) is 0 Å². The van der Waals surface area contributed by atoms with Crippen LogP contribution in [0.15, 0.2) is 6.33 Å². The van der Waals surface area contributed by atoms with Crippen molar-refractivity contribution in [3.8, 4) is 0 Å². The van der Waals surface area contributed by atoms with E-state index in [1.54, 1.807) is 25.5 Å². The molecule has 1 unspecified atom stereocenters. The summed E-state index contributed by atoms with van der Waals surface area (Å²) in [6.45, 7) is 3.43. The van der Waals surface area contributed by atoms with Gasteiger partial charge in [-0.05, 0) is 13.3 Å². The predicted octanol–water partition coefficient (Wildman–Crippen LogP) is 0.0385. The van der Waals surface area contributed by atoms with Crippen LogP contribution in [0.3, 0.4) is 0 Å². The maximum Gasteiger partial charge on any atom is 0.326 e. The summed E-state index contributed by atoms with van der Waals surface area (Å²) in [4.78, 5) is 22.4. The summed E-state index contributed by atoms with van der Waals surface area (Å²) in [5, 5.41) is 21.4. The first-order valence-electron chi connectivity index (χ1n) is 5.59. The Hall–Kier alpha value is -2.12. The van der Waals surface area contributed by atoms with Gasteiger partial charge in [-0.25, -0.2) is 9.59 Å². The van der Waals surface area contributed by atoms with Crippen molar-refractivity contribution in [3.63, 3.8) is 0 Å². The summed E-state index contributed by atoms with van der Waals surface area (Å²) in [7, 11) is 1.76. The standard InChI is InChI=1S/C10H17N5O3/c1-4-7(9(16)17)13-10(18)12-6(2)8-14-11-5-15(8)3/h5-7H,4H2,1-3H3,(H,16,17)(H2,12,13,18)/t6?,7-/m1/s1. The lowest BCUT2D eigenvalue weighted by molar-refractivity contribution is -0.139. The Labute approximate surface area is 104 Å². The molecule has 0 spiro atoms. The van der Waals surface area contributed by atoms with E-state index in [0.29, 0.717) is 12.2 Å². The third-order valence-corrected chi connectivity index (χ3v) is 2.49. The van der Waals surface area contributed by atoms with Crippen LogP contribution in [-0.2, 0) is 11.8 Å². The number of nitrogens with one attached hydrogen (secondary N) is 2. The molecule has 0 fully saturated rings. The lowest BCUT2D eigenvalue weighted by Gasteiger charge is -2.16. The Morgan fingerprint density at radius 3 is 2.61 bits per heavy atom. The van der Waals surface area contributed by atoms with E-state index in [1.807, 2.05) is 0 Å². The number of carbonyl (C=O) groups is 2. The largest absolute Gasteiger partial charge is 0.480 e. The van der Waals surface area contributed by atoms with Crippen LogP contribution in [0.1, 0.15) is 32.1 Å². The van der Waals surface area contributed by atoms with Gasteiger partial charge in [-0.1, -0.05) is 6.92 Å².